The number of hydrogen-bond donors (Lipinski definition) is 1. The first kappa shape index (κ1) is 16.0. The molecule has 6 heteroatoms. The van der Waals surface area contributed by atoms with Gasteiger partial charge < -0.3 is 19.5 Å². The molecule has 6 nitrogen and oxygen atoms in total. The molecule has 1 fully saturated rings. The molecule has 3 atom stereocenters. The topological polar surface area (TPSA) is 80.6 Å². The number of carbonyl (C=O) groups is 1. The van der Waals surface area contributed by atoms with E-state index in [1.165, 1.54) is 21.3 Å². The summed E-state index contributed by atoms with van der Waals surface area (Å²) >= 11 is 0. The largest absolute Gasteiger partial charge is 0.493 e. The number of ether oxygens (including phenoxy) is 3. The molecule has 0 bridgehead atoms. The summed E-state index contributed by atoms with van der Waals surface area (Å²) in [4.78, 5) is 12.0. The van der Waals surface area contributed by atoms with Crippen LogP contribution in [0.15, 0.2) is 12.1 Å². The molecule has 1 aliphatic rings. The molecule has 0 spiro atoms. The summed E-state index contributed by atoms with van der Waals surface area (Å²) in [7, 11) is 4.53. The fraction of sp³-hybridized carbons (Fsp3) is 0.500. The molecule has 0 saturated heterocycles. The Labute approximate surface area is 130 Å². The minimum atomic E-state index is -0.756. The van der Waals surface area contributed by atoms with Gasteiger partial charge >= 0.3 is 0 Å². The minimum absolute atomic E-state index is 0.0119. The number of benzene rings is 1. The molecular weight excluding hydrogens is 284 g/mol. The highest BCUT2D eigenvalue weighted by molar-refractivity contribution is 5.82. The Morgan fingerprint density at radius 2 is 1.82 bits per heavy atom. The maximum atomic E-state index is 12.0. The standard InChI is InChI=1S/C16H20N2O4/c1-9-5-11(9)16(19)18-12(8-17)10-6-13(20-2)15(22-4)14(7-10)21-3/h6-7,9,11-12H,5H2,1-4H3,(H,18,19)/t9-,11-,12+/m1/s1. The van der Waals surface area contributed by atoms with Gasteiger partial charge in [0, 0.05) is 5.92 Å². The minimum Gasteiger partial charge on any atom is -0.493 e. The summed E-state index contributed by atoms with van der Waals surface area (Å²) in [6, 6.07) is 4.69. The van der Waals surface area contributed by atoms with Gasteiger partial charge in [0.1, 0.15) is 6.04 Å². The summed E-state index contributed by atoms with van der Waals surface area (Å²) in [5, 5.41) is 12.1. The SMILES string of the molecule is COc1cc([C@H](C#N)NC(=O)[C@@H]2C[C@H]2C)cc(OC)c1OC. The molecule has 118 valence electrons. The Morgan fingerprint density at radius 3 is 2.18 bits per heavy atom. The van der Waals surface area contributed by atoms with Gasteiger partial charge in [-0.25, -0.2) is 0 Å². The van der Waals surface area contributed by atoms with Crippen molar-refractivity contribution in [1.82, 2.24) is 5.32 Å². The summed E-state index contributed by atoms with van der Waals surface area (Å²) in [6.45, 7) is 2.02. The molecule has 1 N–H and O–H groups in total. The molecule has 0 aromatic heterocycles. The van der Waals surface area contributed by atoms with E-state index >= 15 is 0 Å². The van der Waals surface area contributed by atoms with Gasteiger partial charge in [-0.15, -0.1) is 0 Å². The second-order valence-corrected chi connectivity index (χ2v) is 5.35. The van der Waals surface area contributed by atoms with E-state index in [9.17, 15) is 10.1 Å². The molecule has 1 amide bonds. The van der Waals surface area contributed by atoms with Crippen LogP contribution in [0.25, 0.3) is 0 Å². The highest BCUT2D eigenvalue weighted by atomic mass is 16.5. The number of nitrogens with one attached hydrogen (secondary N) is 1. The lowest BCUT2D eigenvalue weighted by Gasteiger charge is -2.17. The van der Waals surface area contributed by atoms with E-state index in [2.05, 4.69) is 11.4 Å². The van der Waals surface area contributed by atoms with Gasteiger partial charge in [-0.2, -0.15) is 5.26 Å². The van der Waals surface area contributed by atoms with Gasteiger partial charge in [0.25, 0.3) is 0 Å². The van der Waals surface area contributed by atoms with Crippen molar-refractivity contribution in [2.75, 3.05) is 21.3 Å². The molecule has 1 aromatic carbocycles. The summed E-state index contributed by atoms with van der Waals surface area (Å²) in [6.07, 6.45) is 0.874. The van der Waals surface area contributed by atoms with Crippen molar-refractivity contribution in [1.29, 1.82) is 5.26 Å². The first-order chi connectivity index (χ1) is 10.5. The van der Waals surface area contributed by atoms with Crippen LogP contribution in [0.3, 0.4) is 0 Å². The lowest BCUT2D eigenvalue weighted by atomic mass is 10.1. The zero-order valence-corrected chi connectivity index (χ0v) is 13.2. The van der Waals surface area contributed by atoms with Crippen molar-refractivity contribution >= 4 is 5.91 Å². The average Bonchev–Trinajstić information content (AvgIpc) is 3.27. The van der Waals surface area contributed by atoms with Crippen molar-refractivity contribution in [3.05, 3.63) is 17.7 Å². The average molecular weight is 304 g/mol. The van der Waals surface area contributed by atoms with Crippen molar-refractivity contribution in [2.45, 2.75) is 19.4 Å². The number of carbonyl (C=O) groups excluding carboxylic acids is 1. The van der Waals surface area contributed by atoms with Crippen LogP contribution in [-0.2, 0) is 4.79 Å². The third kappa shape index (κ3) is 3.08. The van der Waals surface area contributed by atoms with Crippen LogP contribution in [0.1, 0.15) is 24.9 Å². The maximum Gasteiger partial charge on any atom is 0.224 e. The highest BCUT2D eigenvalue weighted by Gasteiger charge is 2.40. The number of hydrogen-bond acceptors (Lipinski definition) is 5. The Hall–Kier alpha value is -2.42. The van der Waals surface area contributed by atoms with E-state index in [-0.39, 0.29) is 11.8 Å². The Morgan fingerprint density at radius 1 is 1.27 bits per heavy atom. The van der Waals surface area contributed by atoms with E-state index in [1.807, 2.05) is 6.92 Å². The smallest absolute Gasteiger partial charge is 0.224 e. The molecule has 0 aliphatic heterocycles. The van der Waals surface area contributed by atoms with E-state index in [0.717, 1.165) is 6.42 Å². The zero-order valence-electron chi connectivity index (χ0n) is 13.2. The molecule has 0 radical (unpaired) electrons. The Bertz CT molecular complexity index is 584. The lowest BCUT2D eigenvalue weighted by Crippen LogP contribution is -2.29. The number of methoxy groups -OCH3 is 3. The van der Waals surface area contributed by atoms with Gasteiger partial charge in [-0.1, -0.05) is 6.92 Å². The summed E-state index contributed by atoms with van der Waals surface area (Å²) in [5.74, 6) is 1.66. The van der Waals surface area contributed by atoms with Crippen LogP contribution in [0.2, 0.25) is 0 Å². The van der Waals surface area contributed by atoms with Crippen LogP contribution < -0.4 is 19.5 Å². The number of nitriles is 1. The number of nitrogens with zero attached hydrogens (tertiary/aromatic N) is 1. The second kappa shape index (κ2) is 6.56. The normalized spacial score (nSPS) is 20.5. The second-order valence-electron chi connectivity index (χ2n) is 5.35. The molecule has 1 saturated carbocycles. The van der Waals surface area contributed by atoms with E-state index in [1.54, 1.807) is 12.1 Å². The molecule has 0 heterocycles. The van der Waals surface area contributed by atoms with Crippen LogP contribution in [0, 0.1) is 23.2 Å². The number of rotatable bonds is 6. The fourth-order valence-electron chi connectivity index (χ4n) is 2.39. The Balaban J connectivity index is 2.28. The van der Waals surface area contributed by atoms with Gasteiger partial charge in [-0.05, 0) is 30.0 Å². The summed E-state index contributed by atoms with van der Waals surface area (Å²) < 4.78 is 15.8. The van der Waals surface area contributed by atoms with E-state index in [0.29, 0.717) is 28.7 Å². The molecule has 0 unspecified atom stereocenters. The number of amides is 1. The predicted octanol–water partition coefficient (Wildman–Crippen LogP) is 2.05. The zero-order chi connectivity index (χ0) is 16.3. The Kier molecular flexibility index (Phi) is 4.76. The molecule has 22 heavy (non-hydrogen) atoms. The van der Waals surface area contributed by atoms with Crippen LogP contribution in [0.4, 0.5) is 0 Å². The fourth-order valence-corrected chi connectivity index (χ4v) is 2.39. The van der Waals surface area contributed by atoms with Gasteiger partial charge in [-0.3, -0.25) is 4.79 Å². The third-order valence-electron chi connectivity index (χ3n) is 3.88. The van der Waals surface area contributed by atoms with Gasteiger partial charge in [0.2, 0.25) is 11.7 Å². The van der Waals surface area contributed by atoms with Crippen LogP contribution >= 0.6 is 0 Å². The summed E-state index contributed by atoms with van der Waals surface area (Å²) in [5.41, 5.74) is 0.596. The van der Waals surface area contributed by atoms with Crippen molar-refractivity contribution in [3.8, 4) is 23.3 Å². The molecule has 1 aromatic rings. The lowest BCUT2D eigenvalue weighted by molar-refractivity contribution is -0.123. The molecule has 1 aliphatic carbocycles. The highest BCUT2D eigenvalue weighted by Crippen LogP contribution is 2.41. The van der Waals surface area contributed by atoms with E-state index in [4.69, 9.17) is 14.2 Å². The van der Waals surface area contributed by atoms with E-state index < -0.39 is 6.04 Å². The monoisotopic (exact) mass is 304 g/mol. The first-order valence-corrected chi connectivity index (χ1v) is 7.05. The molecule has 2 rings (SSSR count). The van der Waals surface area contributed by atoms with Crippen LogP contribution in [-0.4, -0.2) is 27.2 Å². The van der Waals surface area contributed by atoms with Gasteiger partial charge in [0.15, 0.2) is 11.5 Å². The van der Waals surface area contributed by atoms with Crippen LogP contribution in [0.5, 0.6) is 17.2 Å². The van der Waals surface area contributed by atoms with Gasteiger partial charge in [0.05, 0.1) is 27.4 Å². The van der Waals surface area contributed by atoms with Crippen molar-refractivity contribution in [2.24, 2.45) is 11.8 Å². The van der Waals surface area contributed by atoms with Crippen molar-refractivity contribution < 1.29 is 19.0 Å². The maximum absolute atomic E-state index is 12.0. The first-order valence-electron chi connectivity index (χ1n) is 7.05. The molecular formula is C16H20N2O4. The predicted molar refractivity (Wildman–Crippen MR) is 79.9 cm³/mol. The third-order valence-corrected chi connectivity index (χ3v) is 3.88. The van der Waals surface area contributed by atoms with Crippen molar-refractivity contribution in [3.63, 3.8) is 0 Å². The quantitative estimate of drug-likeness (QED) is 0.870.